The highest BCUT2D eigenvalue weighted by atomic mass is 79.9. The van der Waals surface area contributed by atoms with Crippen LogP contribution < -0.4 is 10.0 Å². The Morgan fingerprint density at radius 1 is 1.53 bits per heavy atom. The van der Waals surface area contributed by atoms with Gasteiger partial charge in [-0.05, 0) is 41.4 Å². The van der Waals surface area contributed by atoms with E-state index in [1.807, 2.05) is 6.92 Å². The maximum Gasteiger partial charge on any atom is 0.250 e. The highest BCUT2D eigenvalue weighted by Gasteiger charge is 2.18. The molecular formula is C9H13BrN2O3S2. The molecule has 2 N–H and O–H groups in total. The van der Waals surface area contributed by atoms with Crippen LogP contribution in [0.5, 0.6) is 0 Å². The molecule has 5 nitrogen and oxygen atoms in total. The molecule has 0 aliphatic carbocycles. The fraction of sp³-hybridized carbons (Fsp3) is 0.444. The summed E-state index contributed by atoms with van der Waals surface area (Å²) in [5.41, 5.74) is 0.855. The first kappa shape index (κ1) is 14.6. The third-order valence-corrected chi connectivity index (χ3v) is 5.91. The standard InChI is InChI=1S/C9H13BrN2O3S2/c1-3-11-7(13)5-12-17(14,15)8-4-6(2)9(10)16-8/h4,12H,3,5H2,1-2H3,(H,11,13). The molecule has 8 heteroatoms. The number of hydrogen-bond donors (Lipinski definition) is 2. The lowest BCUT2D eigenvalue weighted by atomic mass is 10.4. The predicted molar refractivity (Wildman–Crippen MR) is 70.6 cm³/mol. The van der Waals surface area contributed by atoms with Gasteiger partial charge < -0.3 is 5.32 Å². The maximum atomic E-state index is 11.8. The number of aryl methyl sites for hydroxylation is 1. The van der Waals surface area contributed by atoms with Crippen molar-refractivity contribution in [2.75, 3.05) is 13.1 Å². The summed E-state index contributed by atoms with van der Waals surface area (Å²) in [6.45, 7) is 3.81. The van der Waals surface area contributed by atoms with E-state index in [1.165, 1.54) is 0 Å². The molecule has 1 aromatic rings. The second-order valence-electron chi connectivity index (χ2n) is 3.30. The highest BCUT2D eigenvalue weighted by molar-refractivity contribution is 9.11. The topological polar surface area (TPSA) is 75.3 Å². The fourth-order valence-corrected chi connectivity index (χ4v) is 4.31. The molecule has 1 amide bonds. The molecule has 0 aliphatic rings. The van der Waals surface area contributed by atoms with Gasteiger partial charge in [0, 0.05) is 6.54 Å². The van der Waals surface area contributed by atoms with Crippen molar-refractivity contribution in [3.8, 4) is 0 Å². The minimum absolute atomic E-state index is 0.200. The number of nitrogens with one attached hydrogen (secondary N) is 2. The SMILES string of the molecule is CCNC(=O)CNS(=O)(=O)c1cc(C)c(Br)s1. The molecule has 1 rings (SSSR count). The normalized spacial score (nSPS) is 11.5. The van der Waals surface area contributed by atoms with Crippen LogP contribution in [0.1, 0.15) is 12.5 Å². The summed E-state index contributed by atoms with van der Waals surface area (Å²) in [6.07, 6.45) is 0. The van der Waals surface area contributed by atoms with Crippen LogP contribution >= 0.6 is 27.3 Å². The Balaban J connectivity index is 2.72. The largest absolute Gasteiger partial charge is 0.355 e. The van der Waals surface area contributed by atoms with Crippen LogP contribution in [0.4, 0.5) is 0 Å². The van der Waals surface area contributed by atoms with Crippen LogP contribution in [0, 0.1) is 6.92 Å². The summed E-state index contributed by atoms with van der Waals surface area (Å²) >= 11 is 4.38. The van der Waals surface area contributed by atoms with Gasteiger partial charge in [-0.25, -0.2) is 13.1 Å². The van der Waals surface area contributed by atoms with Crippen molar-refractivity contribution in [1.29, 1.82) is 0 Å². The number of hydrogen-bond acceptors (Lipinski definition) is 4. The monoisotopic (exact) mass is 340 g/mol. The van der Waals surface area contributed by atoms with Crippen LogP contribution in [-0.4, -0.2) is 27.4 Å². The zero-order valence-electron chi connectivity index (χ0n) is 9.41. The number of halogens is 1. The molecule has 0 spiro atoms. The smallest absolute Gasteiger partial charge is 0.250 e. The van der Waals surface area contributed by atoms with E-state index in [1.54, 1.807) is 13.0 Å². The van der Waals surface area contributed by atoms with Gasteiger partial charge in [0.25, 0.3) is 10.0 Å². The van der Waals surface area contributed by atoms with Crippen LogP contribution in [-0.2, 0) is 14.8 Å². The van der Waals surface area contributed by atoms with Crippen molar-refractivity contribution in [2.24, 2.45) is 0 Å². The third-order valence-electron chi connectivity index (χ3n) is 1.90. The number of sulfonamides is 1. The van der Waals surface area contributed by atoms with Crippen LogP contribution in [0.15, 0.2) is 14.1 Å². The van der Waals surface area contributed by atoms with Gasteiger partial charge in [0.05, 0.1) is 10.3 Å². The van der Waals surface area contributed by atoms with E-state index >= 15 is 0 Å². The molecule has 0 atom stereocenters. The third kappa shape index (κ3) is 4.06. The van der Waals surface area contributed by atoms with Gasteiger partial charge in [-0.1, -0.05) is 0 Å². The lowest BCUT2D eigenvalue weighted by Gasteiger charge is -2.04. The second-order valence-corrected chi connectivity index (χ2v) is 7.66. The lowest BCUT2D eigenvalue weighted by molar-refractivity contribution is -0.119. The van der Waals surface area contributed by atoms with Gasteiger partial charge >= 0.3 is 0 Å². The molecule has 0 bridgehead atoms. The second kappa shape index (κ2) is 5.94. The molecule has 0 saturated carbocycles. The number of carbonyl (C=O) groups excluding carboxylic acids is 1. The summed E-state index contributed by atoms with van der Waals surface area (Å²) < 4.78 is 26.8. The van der Waals surface area contributed by atoms with Gasteiger partial charge in [-0.2, -0.15) is 0 Å². The summed E-state index contributed by atoms with van der Waals surface area (Å²) in [5.74, 6) is -0.344. The Kier molecular flexibility index (Phi) is 5.11. The number of likely N-dealkylation sites (N-methyl/N-ethyl adjacent to an activating group) is 1. The summed E-state index contributed by atoms with van der Waals surface area (Å²) in [5, 5.41) is 2.51. The average Bonchev–Trinajstić information content (AvgIpc) is 2.58. The van der Waals surface area contributed by atoms with Gasteiger partial charge in [-0.3, -0.25) is 4.79 Å². The van der Waals surface area contributed by atoms with E-state index in [4.69, 9.17) is 0 Å². The zero-order chi connectivity index (χ0) is 13.1. The average molecular weight is 341 g/mol. The van der Waals surface area contributed by atoms with Crippen molar-refractivity contribution in [3.63, 3.8) is 0 Å². The van der Waals surface area contributed by atoms with E-state index in [2.05, 4.69) is 26.0 Å². The fourth-order valence-electron chi connectivity index (χ4n) is 1.06. The molecule has 0 aliphatic heterocycles. The van der Waals surface area contributed by atoms with Crippen molar-refractivity contribution in [3.05, 3.63) is 15.4 Å². The molecule has 1 aromatic heterocycles. The number of rotatable bonds is 5. The predicted octanol–water partition coefficient (Wildman–Crippen LogP) is 1.23. The maximum absolute atomic E-state index is 11.8. The number of thiophene rings is 1. The van der Waals surface area contributed by atoms with Gasteiger partial charge in [-0.15, -0.1) is 11.3 Å². The van der Waals surface area contributed by atoms with E-state index < -0.39 is 10.0 Å². The summed E-state index contributed by atoms with van der Waals surface area (Å²) in [4.78, 5) is 11.1. The van der Waals surface area contributed by atoms with Crippen molar-refractivity contribution in [1.82, 2.24) is 10.0 Å². The molecular weight excluding hydrogens is 328 g/mol. The summed E-state index contributed by atoms with van der Waals surface area (Å²) in [7, 11) is -3.60. The quantitative estimate of drug-likeness (QED) is 0.846. The molecule has 96 valence electrons. The van der Waals surface area contributed by atoms with E-state index in [0.29, 0.717) is 6.54 Å². The molecule has 0 aromatic carbocycles. The van der Waals surface area contributed by atoms with Crippen molar-refractivity contribution in [2.45, 2.75) is 18.1 Å². The molecule has 1 heterocycles. The van der Waals surface area contributed by atoms with Crippen molar-refractivity contribution >= 4 is 43.2 Å². The Labute approximate surface area is 113 Å². The minimum atomic E-state index is -3.60. The van der Waals surface area contributed by atoms with Crippen LogP contribution in [0.25, 0.3) is 0 Å². The van der Waals surface area contributed by atoms with Gasteiger partial charge in [0.15, 0.2) is 0 Å². The summed E-state index contributed by atoms with van der Waals surface area (Å²) in [6, 6.07) is 1.56. The Hall–Kier alpha value is -0.440. The lowest BCUT2D eigenvalue weighted by Crippen LogP contribution is -2.36. The first-order valence-corrected chi connectivity index (χ1v) is 7.98. The molecule has 0 fully saturated rings. The Morgan fingerprint density at radius 3 is 2.65 bits per heavy atom. The van der Waals surface area contributed by atoms with Crippen LogP contribution in [0.3, 0.4) is 0 Å². The molecule has 0 saturated heterocycles. The van der Waals surface area contributed by atoms with Crippen LogP contribution in [0.2, 0.25) is 0 Å². The highest BCUT2D eigenvalue weighted by Crippen LogP contribution is 2.30. The zero-order valence-corrected chi connectivity index (χ0v) is 12.6. The minimum Gasteiger partial charge on any atom is -0.355 e. The molecule has 17 heavy (non-hydrogen) atoms. The van der Waals surface area contributed by atoms with Gasteiger partial charge in [0.1, 0.15) is 4.21 Å². The number of amides is 1. The first-order chi connectivity index (χ1) is 7.86. The van der Waals surface area contributed by atoms with Gasteiger partial charge in [0.2, 0.25) is 5.91 Å². The first-order valence-electron chi connectivity index (χ1n) is 4.89. The Morgan fingerprint density at radius 2 is 2.18 bits per heavy atom. The number of carbonyl (C=O) groups is 1. The Bertz CT molecular complexity index is 491. The van der Waals surface area contributed by atoms with Crippen molar-refractivity contribution < 1.29 is 13.2 Å². The van der Waals surface area contributed by atoms with E-state index in [9.17, 15) is 13.2 Å². The van der Waals surface area contributed by atoms with E-state index in [-0.39, 0.29) is 16.7 Å². The van der Waals surface area contributed by atoms with E-state index in [0.717, 1.165) is 20.7 Å². The molecule has 0 radical (unpaired) electrons. The molecule has 0 unspecified atom stereocenters.